The highest BCUT2D eigenvalue weighted by Crippen LogP contribution is 2.15. The average Bonchev–Trinajstić information content (AvgIpc) is 2.33. The molecule has 0 heterocycles. The molecular formula is C14H22N2O2. The molecule has 0 aromatic heterocycles. The molecular weight excluding hydrogens is 228 g/mol. The van der Waals surface area contributed by atoms with Crippen LogP contribution < -0.4 is 11.2 Å². The molecule has 3 N–H and O–H groups in total. The summed E-state index contributed by atoms with van der Waals surface area (Å²) in [6, 6.07) is 9.64. The zero-order valence-corrected chi connectivity index (χ0v) is 11.3. The Bertz CT molecular complexity index is 371. The number of rotatable bonds is 5. The fourth-order valence-corrected chi connectivity index (χ4v) is 1.41. The van der Waals surface area contributed by atoms with Crippen LogP contribution in [0.4, 0.5) is 0 Å². The van der Waals surface area contributed by atoms with E-state index in [0.29, 0.717) is 12.8 Å². The first-order chi connectivity index (χ1) is 8.38. The van der Waals surface area contributed by atoms with Crippen molar-refractivity contribution >= 4 is 5.91 Å². The third-order valence-electron chi connectivity index (χ3n) is 2.38. The number of carbonyl (C=O) groups is 1. The quantitative estimate of drug-likeness (QED) is 0.788. The highest BCUT2D eigenvalue weighted by atomic mass is 16.7. The minimum absolute atomic E-state index is 0.119. The van der Waals surface area contributed by atoms with Gasteiger partial charge in [-0.3, -0.25) is 9.63 Å². The summed E-state index contributed by atoms with van der Waals surface area (Å²) in [4.78, 5) is 16.7. The Morgan fingerprint density at radius 2 is 1.94 bits per heavy atom. The van der Waals surface area contributed by atoms with Crippen molar-refractivity contribution in [1.82, 2.24) is 5.48 Å². The van der Waals surface area contributed by atoms with Crippen LogP contribution in [0.1, 0.15) is 45.2 Å². The molecule has 1 rings (SSSR count). The molecule has 0 aliphatic heterocycles. The smallest absolute Gasteiger partial charge is 0.243 e. The van der Waals surface area contributed by atoms with E-state index in [-0.39, 0.29) is 17.6 Å². The summed E-state index contributed by atoms with van der Waals surface area (Å²) < 4.78 is 0. The molecule has 0 spiro atoms. The van der Waals surface area contributed by atoms with Crippen molar-refractivity contribution in [1.29, 1.82) is 0 Å². The molecule has 4 heteroatoms. The van der Waals surface area contributed by atoms with Gasteiger partial charge in [0.05, 0.1) is 5.60 Å². The van der Waals surface area contributed by atoms with Crippen LogP contribution in [0.5, 0.6) is 0 Å². The van der Waals surface area contributed by atoms with Gasteiger partial charge in [-0.15, -0.1) is 0 Å². The maximum absolute atomic E-state index is 11.5. The minimum Gasteiger partial charge on any atom is -0.324 e. The maximum atomic E-state index is 11.5. The second kappa shape index (κ2) is 6.52. The molecule has 0 saturated carbocycles. The molecule has 0 aliphatic carbocycles. The van der Waals surface area contributed by atoms with Crippen LogP contribution >= 0.6 is 0 Å². The van der Waals surface area contributed by atoms with Crippen LogP contribution in [-0.4, -0.2) is 11.5 Å². The lowest BCUT2D eigenvalue weighted by Gasteiger charge is -2.19. The standard InChI is InChI=1S/C14H22N2O2/c1-14(2,3)18-16-13(17)10-9-12(15)11-7-5-4-6-8-11/h4-8,12H,9-10,15H2,1-3H3,(H,16,17). The summed E-state index contributed by atoms with van der Waals surface area (Å²) >= 11 is 0. The van der Waals surface area contributed by atoms with Crippen LogP contribution in [-0.2, 0) is 9.63 Å². The van der Waals surface area contributed by atoms with Crippen LogP contribution in [0.3, 0.4) is 0 Å². The SMILES string of the molecule is CC(C)(C)ONC(=O)CCC(N)c1ccccc1. The van der Waals surface area contributed by atoms with Crippen molar-refractivity contribution in [3.8, 4) is 0 Å². The number of benzene rings is 1. The normalized spacial score (nSPS) is 13.1. The van der Waals surface area contributed by atoms with Gasteiger partial charge in [0, 0.05) is 12.5 Å². The minimum atomic E-state index is -0.378. The zero-order chi connectivity index (χ0) is 13.6. The van der Waals surface area contributed by atoms with Crippen LogP contribution in [0.15, 0.2) is 30.3 Å². The first-order valence-electron chi connectivity index (χ1n) is 6.16. The second-order valence-corrected chi connectivity index (χ2v) is 5.30. The van der Waals surface area contributed by atoms with Crippen molar-refractivity contribution in [2.24, 2.45) is 5.73 Å². The van der Waals surface area contributed by atoms with E-state index in [2.05, 4.69) is 5.48 Å². The molecule has 18 heavy (non-hydrogen) atoms. The van der Waals surface area contributed by atoms with Crippen LogP contribution in [0, 0.1) is 0 Å². The van der Waals surface area contributed by atoms with E-state index >= 15 is 0 Å². The summed E-state index contributed by atoms with van der Waals surface area (Å²) in [6.07, 6.45) is 0.954. The first-order valence-corrected chi connectivity index (χ1v) is 6.16. The van der Waals surface area contributed by atoms with Gasteiger partial charge in [-0.25, -0.2) is 5.48 Å². The van der Waals surface area contributed by atoms with Crippen molar-refractivity contribution in [3.63, 3.8) is 0 Å². The number of hydrogen-bond acceptors (Lipinski definition) is 3. The van der Waals surface area contributed by atoms with Gasteiger partial charge in [-0.1, -0.05) is 30.3 Å². The van der Waals surface area contributed by atoms with Gasteiger partial charge in [0.25, 0.3) is 0 Å². The maximum Gasteiger partial charge on any atom is 0.243 e. The Balaban J connectivity index is 2.31. The molecule has 0 bridgehead atoms. The Kier molecular flexibility index (Phi) is 5.31. The predicted octanol–water partition coefficient (Wildman–Crippen LogP) is 2.31. The molecule has 1 aromatic carbocycles. The Morgan fingerprint density at radius 3 is 2.50 bits per heavy atom. The fourth-order valence-electron chi connectivity index (χ4n) is 1.41. The van der Waals surface area contributed by atoms with Crippen molar-refractivity contribution in [2.45, 2.75) is 45.3 Å². The van der Waals surface area contributed by atoms with Gasteiger partial charge < -0.3 is 5.73 Å². The summed E-state index contributed by atoms with van der Waals surface area (Å²) in [6.45, 7) is 5.63. The Hall–Kier alpha value is -1.39. The largest absolute Gasteiger partial charge is 0.324 e. The van der Waals surface area contributed by atoms with E-state index in [4.69, 9.17) is 10.6 Å². The van der Waals surface area contributed by atoms with Crippen molar-refractivity contribution in [3.05, 3.63) is 35.9 Å². The van der Waals surface area contributed by atoms with Crippen molar-refractivity contribution < 1.29 is 9.63 Å². The van der Waals surface area contributed by atoms with Gasteiger partial charge in [0.1, 0.15) is 0 Å². The Labute approximate surface area is 108 Å². The monoisotopic (exact) mass is 250 g/mol. The summed E-state index contributed by atoms with van der Waals surface area (Å²) in [5, 5.41) is 0. The number of carbonyl (C=O) groups excluding carboxylic acids is 1. The molecule has 1 amide bonds. The van der Waals surface area contributed by atoms with Crippen LogP contribution in [0.25, 0.3) is 0 Å². The van der Waals surface area contributed by atoms with E-state index in [1.54, 1.807) is 0 Å². The number of nitrogens with one attached hydrogen (secondary N) is 1. The van der Waals surface area contributed by atoms with Gasteiger partial charge in [0.15, 0.2) is 0 Å². The molecule has 0 aliphatic rings. The summed E-state index contributed by atoms with van der Waals surface area (Å²) in [5.74, 6) is -0.142. The van der Waals surface area contributed by atoms with E-state index in [1.165, 1.54) is 0 Å². The lowest BCUT2D eigenvalue weighted by Crippen LogP contribution is -2.33. The highest BCUT2D eigenvalue weighted by molar-refractivity contribution is 5.74. The fraction of sp³-hybridized carbons (Fsp3) is 0.500. The molecule has 100 valence electrons. The number of amides is 1. The van der Waals surface area contributed by atoms with E-state index < -0.39 is 0 Å². The molecule has 0 fully saturated rings. The molecule has 0 saturated heterocycles. The average molecular weight is 250 g/mol. The topological polar surface area (TPSA) is 64.3 Å². The predicted molar refractivity (Wildman–Crippen MR) is 71.6 cm³/mol. The summed E-state index contributed by atoms with van der Waals surface area (Å²) in [7, 11) is 0. The molecule has 0 radical (unpaired) electrons. The van der Waals surface area contributed by atoms with E-state index in [1.807, 2.05) is 51.1 Å². The third kappa shape index (κ3) is 5.80. The molecule has 4 nitrogen and oxygen atoms in total. The number of hydroxylamine groups is 1. The van der Waals surface area contributed by atoms with Gasteiger partial charge in [-0.2, -0.15) is 0 Å². The van der Waals surface area contributed by atoms with Gasteiger partial charge in [-0.05, 0) is 32.8 Å². The lowest BCUT2D eigenvalue weighted by molar-refractivity contribution is -0.145. The van der Waals surface area contributed by atoms with Gasteiger partial charge >= 0.3 is 0 Å². The lowest BCUT2D eigenvalue weighted by atomic mass is 10.0. The second-order valence-electron chi connectivity index (χ2n) is 5.30. The number of nitrogens with two attached hydrogens (primary N) is 1. The highest BCUT2D eigenvalue weighted by Gasteiger charge is 2.14. The number of hydrogen-bond donors (Lipinski definition) is 2. The summed E-state index contributed by atoms with van der Waals surface area (Å²) in [5.41, 5.74) is 9.11. The van der Waals surface area contributed by atoms with E-state index in [9.17, 15) is 4.79 Å². The Morgan fingerprint density at radius 1 is 1.33 bits per heavy atom. The molecule has 1 atom stereocenters. The van der Waals surface area contributed by atoms with E-state index in [0.717, 1.165) is 5.56 Å². The van der Waals surface area contributed by atoms with Crippen molar-refractivity contribution in [2.75, 3.05) is 0 Å². The van der Waals surface area contributed by atoms with Crippen LogP contribution in [0.2, 0.25) is 0 Å². The zero-order valence-electron chi connectivity index (χ0n) is 11.3. The third-order valence-corrected chi connectivity index (χ3v) is 2.38. The van der Waals surface area contributed by atoms with Gasteiger partial charge in [0.2, 0.25) is 5.91 Å². The molecule has 1 unspecified atom stereocenters. The first kappa shape index (κ1) is 14.7. The molecule has 1 aromatic rings.